The summed E-state index contributed by atoms with van der Waals surface area (Å²) in [6, 6.07) is 12.3. The second-order valence-electron chi connectivity index (χ2n) is 6.74. The van der Waals surface area contributed by atoms with Gasteiger partial charge in [-0.1, -0.05) is 18.2 Å². The van der Waals surface area contributed by atoms with Crippen molar-refractivity contribution in [1.82, 2.24) is 4.90 Å². The fourth-order valence-electron chi connectivity index (χ4n) is 3.47. The third-order valence-electron chi connectivity index (χ3n) is 4.94. The fraction of sp³-hybridized carbons (Fsp3) is 0.333. The number of likely N-dealkylation sites (tertiary alicyclic amines) is 1. The molecule has 3 rings (SSSR count). The predicted molar refractivity (Wildman–Crippen MR) is 107 cm³/mol. The molecule has 7 heteroatoms. The van der Waals surface area contributed by atoms with Gasteiger partial charge in [-0.3, -0.25) is 14.5 Å². The van der Waals surface area contributed by atoms with E-state index in [2.05, 4.69) is 10.2 Å². The maximum absolute atomic E-state index is 12.8. The zero-order valence-corrected chi connectivity index (χ0v) is 16.1. The van der Waals surface area contributed by atoms with Crippen LogP contribution in [0, 0.1) is 0 Å². The van der Waals surface area contributed by atoms with Gasteiger partial charge in [-0.15, -0.1) is 0 Å². The Kier molecular flexibility index (Phi) is 6.16. The van der Waals surface area contributed by atoms with E-state index in [0.29, 0.717) is 29.3 Å². The van der Waals surface area contributed by atoms with Crippen molar-refractivity contribution >= 4 is 17.5 Å². The van der Waals surface area contributed by atoms with Crippen molar-refractivity contribution in [3.05, 3.63) is 53.6 Å². The van der Waals surface area contributed by atoms with Crippen LogP contribution in [0.1, 0.15) is 28.8 Å². The molecular formula is C21H25N3O4. The minimum absolute atomic E-state index is 0.258. The quantitative estimate of drug-likeness (QED) is 0.766. The van der Waals surface area contributed by atoms with Gasteiger partial charge in [-0.25, -0.2) is 0 Å². The van der Waals surface area contributed by atoms with E-state index < -0.39 is 0 Å². The lowest BCUT2D eigenvalue weighted by molar-refractivity contribution is -0.122. The van der Waals surface area contributed by atoms with Crippen LogP contribution in [-0.2, 0) is 11.3 Å². The van der Waals surface area contributed by atoms with E-state index in [4.69, 9.17) is 15.2 Å². The summed E-state index contributed by atoms with van der Waals surface area (Å²) in [5.41, 5.74) is 7.58. The summed E-state index contributed by atoms with van der Waals surface area (Å²) < 4.78 is 10.5. The van der Waals surface area contributed by atoms with E-state index in [1.54, 1.807) is 18.2 Å². The van der Waals surface area contributed by atoms with Crippen LogP contribution < -0.4 is 20.5 Å². The Morgan fingerprint density at radius 3 is 2.46 bits per heavy atom. The van der Waals surface area contributed by atoms with E-state index in [-0.39, 0.29) is 17.9 Å². The van der Waals surface area contributed by atoms with Crippen LogP contribution in [0.5, 0.6) is 11.5 Å². The van der Waals surface area contributed by atoms with Crippen LogP contribution >= 0.6 is 0 Å². The lowest BCUT2D eigenvalue weighted by Gasteiger charge is -2.23. The molecule has 28 heavy (non-hydrogen) atoms. The molecule has 0 saturated carbocycles. The molecular weight excluding hydrogens is 358 g/mol. The molecule has 3 N–H and O–H groups in total. The zero-order valence-electron chi connectivity index (χ0n) is 16.1. The number of carbonyl (C=O) groups is 2. The molecule has 1 aliphatic rings. The predicted octanol–water partition coefficient (Wildman–Crippen LogP) is 2.41. The molecule has 1 fully saturated rings. The van der Waals surface area contributed by atoms with Gasteiger partial charge in [0.05, 0.1) is 20.3 Å². The van der Waals surface area contributed by atoms with Crippen LogP contribution in [0.2, 0.25) is 0 Å². The Morgan fingerprint density at radius 1 is 1.14 bits per heavy atom. The average molecular weight is 383 g/mol. The number of nitrogens with two attached hydrogens (primary N) is 1. The molecule has 1 atom stereocenters. The number of primary amides is 1. The molecule has 1 heterocycles. The summed E-state index contributed by atoms with van der Waals surface area (Å²) in [4.78, 5) is 26.5. The van der Waals surface area contributed by atoms with E-state index >= 15 is 0 Å². The number of nitrogens with one attached hydrogen (secondary N) is 1. The molecule has 1 unspecified atom stereocenters. The minimum atomic E-state index is -0.303. The molecule has 2 amide bonds. The Morgan fingerprint density at radius 2 is 1.82 bits per heavy atom. The van der Waals surface area contributed by atoms with Gasteiger partial charge < -0.3 is 20.5 Å². The maximum Gasteiger partial charge on any atom is 0.255 e. The van der Waals surface area contributed by atoms with Gasteiger partial charge in [0.15, 0.2) is 0 Å². The van der Waals surface area contributed by atoms with Gasteiger partial charge in [0.2, 0.25) is 5.91 Å². The van der Waals surface area contributed by atoms with Gasteiger partial charge in [0.25, 0.3) is 5.91 Å². The smallest absolute Gasteiger partial charge is 0.255 e. The monoisotopic (exact) mass is 383 g/mol. The van der Waals surface area contributed by atoms with Crippen LogP contribution in [0.3, 0.4) is 0 Å². The number of hydrogen-bond acceptors (Lipinski definition) is 5. The van der Waals surface area contributed by atoms with Crippen LogP contribution in [0.25, 0.3) is 0 Å². The average Bonchev–Trinajstić information content (AvgIpc) is 3.17. The van der Waals surface area contributed by atoms with Crippen molar-refractivity contribution < 1.29 is 19.1 Å². The highest BCUT2D eigenvalue weighted by Crippen LogP contribution is 2.26. The minimum Gasteiger partial charge on any atom is -0.497 e. The van der Waals surface area contributed by atoms with Gasteiger partial charge in [0.1, 0.15) is 11.5 Å². The van der Waals surface area contributed by atoms with Gasteiger partial charge in [-0.2, -0.15) is 0 Å². The summed E-state index contributed by atoms with van der Waals surface area (Å²) in [5, 5.41) is 2.95. The first kappa shape index (κ1) is 19.7. The molecule has 1 saturated heterocycles. The molecule has 148 valence electrons. The number of carbonyl (C=O) groups excluding carboxylic acids is 2. The Hall–Kier alpha value is -3.06. The number of anilines is 1. The van der Waals surface area contributed by atoms with Crippen molar-refractivity contribution in [3.8, 4) is 11.5 Å². The molecule has 0 bridgehead atoms. The molecule has 1 aliphatic heterocycles. The largest absolute Gasteiger partial charge is 0.497 e. The van der Waals surface area contributed by atoms with Gasteiger partial charge in [0, 0.05) is 23.9 Å². The molecule has 2 aromatic rings. The van der Waals surface area contributed by atoms with Gasteiger partial charge in [-0.05, 0) is 43.1 Å². The highest BCUT2D eigenvalue weighted by Gasteiger charge is 2.29. The number of hydrogen-bond donors (Lipinski definition) is 2. The number of ether oxygens (including phenoxy) is 2. The zero-order chi connectivity index (χ0) is 20.1. The standard InChI is InChI=1S/C21H25N3O4/c1-27-16-10-15(11-17(12-16)28-2)21(26)23-18-7-4-3-6-14(18)13-24-9-5-8-19(24)20(22)25/h3-4,6-7,10-12,19H,5,8-9,13H2,1-2H3,(H2,22,25)(H,23,26). The summed E-state index contributed by atoms with van der Waals surface area (Å²) in [6.45, 7) is 1.36. The Balaban J connectivity index is 1.80. The van der Waals surface area contributed by atoms with Crippen molar-refractivity contribution in [2.45, 2.75) is 25.4 Å². The fourth-order valence-corrected chi connectivity index (χ4v) is 3.47. The lowest BCUT2D eigenvalue weighted by atomic mass is 10.1. The topological polar surface area (TPSA) is 93.9 Å². The third kappa shape index (κ3) is 4.43. The summed E-state index contributed by atoms with van der Waals surface area (Å²) >= 11 is 0. The van der Waals surface area contributed by atoms with E-state index in [9.17, 15) is 9.59 Å². The van der Waals surface area contributed by atoms with Crippen molar-refractivity contribution in [2.24, 2.45) is 5.73 Å². The van der Waals surface area contributed by atoms with Crippen molar-refractivity contribution in [3.63, 3.8) is 0 Å². The van der Waals surface area contributed by atoms with Crippen LogP contribution in [0.4, 0.5) is 5.69 Å². The second-order valence-corrected chi connectivity index (χ2v) is 6.74. The Labute approximate surface area is 164 Å². The number of amides is 2. The van der Waals surface area contributed by atoms with Crippen molar-refractivity contribution in [1.29, 1.82) is 0 Å². The SMILES string of the molecule is COc1cc(OC)cc(C(=O)Nc2ccccc2CN2CCCC2C(N)=O)c1. The maximum atomic E-state index is 12.8. The van der Waals surface area contributed by atoms with Crippen LogP contribution in [-0.4, -0.2) is 43.5 Å². The van der Waals surface area contributed by atoms with Crippen molar-refractivity contribution in [2.75, 3.05) is 26.1 Å². The second kappa shape index (κ2) is 8.75. The highest BCUT2D eigenvalue weighted by atomic mass is 16.5. The van der Waals surface area contributed by atoms with Crippen LogP contribution in [0.15, 0.2) is 42.5 Å². The molecule has 0 radical (unpaired) electrons. The normalized spacial score (nSPS) is 16.6. The highest BCUT2D eigenvalue weighted by molar-refractivity contribution is 6.05. The van der Waals surface area contributed by atoms with Gasteiger partial charge >= 0.3 is 0 Å². The number of methoxy groups -OCH3 is 2. The van der Waals surface area contributed by atoms with E-state index in [1.165, 1.54) is 14.2 Å². The molecule has 7 nitrogen and oxygen atoms in total. The molecule has 0 aliphatic carbocycles. The van der Waals surface area contributed by atoms with E-state index in [0.717, 1.165) is 24.9 Å². The summed E-state index contributed by atoms with van der Waals surface area (Å²) in [5.74, 6) is 0.512. The first-order valence-corrected chi connectivity index (χ1v) is 9.17. The first-order valence-electron chi connectivity index (χ1n) is 9.17. The lowest BCUT2D eigenvalue weighted by Crippen LogP contribution is -2.39. The molecule has 2 aromatic carbocycles. The number of rotatable bonds is 7. The van der Waals surface area contributed by atoms with E-state index in [1.807, 2.05) is 24.3 Å². The Bertz CT molecular complexity index is 846. The summed E-state index contributed by atoms with van der Waals surface area (Å²) in [7, 11) is 3.08. The molecule has 0 spiro atoms. The number of para-hydroxylation sites is 1. The first-order chi connectivity index (χ1) is 13.5. The number of nitrogens with zero attached hydrogens (tertiary/aromatic N) is 1. The number of benzene rings is 2. The summed E-state index contributed by atoms with van der Waals surface area (Å²) in [6.07, 6.45) is 1.71. The third-order valence-corrected chi connectivity index (χ3v) is 4.94. The molecule has 0 aromatic heterocycles.